The lowest BCUT2D eigenvalue weighted by Crippen LogP contribution is -2.33. The van der Waals surface area contributed by atoms with Crippen LogP contribution in [0.2, 0.25) is 0 Å². The number of imide groups is 1. The number of para-hydroxylation sites is 1. The van der Waals surface area contributed by atoms with Crippen molar-refractivity contribution in [3.05, 3.63) is 101 Å². The summed E-state index contributed by atoms with van der Waals surface area (Å²) in [6.07, 6.45) is 0. The molecule has 0 unspecified atom stereocenters. The van der Waals surface area contributed by atoms with Crippen LogP contribution in [0.25, 0.3) is 22.2 Å². The van der Waals surface area contributed by atoms with E-state index in [0.717, 1.165) is 4.90 Å². The average Bonchev–Trinajstić information content (AvgIpc) is 3.07. The van der Waals surface area contributed by atoms with E-state index in [-0.39, 0.29) is 22.5 Å². The Hall–Kier alpha value is -4.39. The Morgan fingerprint density at radius 3 is 2.19 bits per heavy atom. The fourth-order valence-corrected chi connectivity index (χ4v) is 3.67. The maximum Gasteiger partial charge on any atom is 0.340 e. The first-order chi connectivity index (χ1) is 15.5. The molecule has 6 nitrogen and oxygen atoms in total. The van der Waals surface area contributed by atoms with Crippen LogP contribution in [0, 0.1) is 5.82 Å². The third kappa shape index (κ3) is 3.30. The summed E-state index contributed by atoms with van der Waals surface area (Å²) >= 11 is 0. The van der Waals surface area contributed by atoms with Crippen LogP contribution in [0.1, 0.15) is 31.1 Å². The van der Waals surface area contributed by atoms with Gasteiger partial charge in [0.2, 0.25) is 0 Å². The Labute approximate surface area is 181 Å². The van der Waals surface area contributed by atoms with E-state index < -0.39 is 24.5 Å². The minimum Gasteiger partial charge on any atom is -0.440 e. The molecule has 0 atom stereocenters. The standard InChI is InChI=1S/C25H15FN2O4/c26-16-11-9-15(10-12-16)22-13-20(17-5-3-4-8-21(17)27-22)25(31)32-14-28-23(29)18-6-1-2-7-19(18)24(28)30/h1-13H,14H2. The highest BCUT2D eigenvalue weighted by Crippen LogP contribution is 2.27. The predicted octanol–water partition coefficient (Wildman–Crippen LogP) is 4.45. The van der Waals surface area contributed by atoms with E-state index in [1.807, 2.05) is 0 Å². The number of aromatic nitrogens is 1. The maximum absolute atomic E-state index is 13.3. The van der Waals surface area contributed by atoms with Crippen LogP contribution in [-0.2, 0) is 4.74 Å². The van der Waals surface area contributed by atoms with Gasteiger partial charge in [-0.1, -0.05) is 30.3 Å². The number of fused-ring (bicyclic) bond motifs is 2. The number of nitrogens with zero attached hydrogens (tertiary/aromatic N) is 2. The molecule has 0 radical (unpaired) electrons. The topological polar surface area (TPSA) is 76.6 Å². The number of ether oxygens (including phenoxy) is 1. The summed E-state index contributed by atoms with van der Waals surface area (Å²) in [5.41, 5.74) is 2.44. The van der Waals surface area contributed by atoms with Gasteiger partial charge in [-0.3, -0.25) is 9.59 Å². The monoisotopic (exact) mass is 426 g/mol. The Morgan fingerprint density at radius 1 is 0.875 bits per heavy atom. The van der Waals surface area contributed by atoms with Crippen LogP contribution < -0.4 is 0 Å². The molecule has 0 N–H and O–H groups in total. The third-order valence-electron chi connectivity index (χ3n) is 5.28. The van der Waals surface area contributed by atoms with Crippen molar-refractivity contribution >= 4 is 28.7 Å². The van der Waals surface area contributed by atoms with Gasteiger partial charge in [0.05, 0.1) is 27.9 Å². The van der Waals surface area contributed by atoms with E-state index in [1.165, 1.54) is 12.1 Å². The SMILES string of the molecule is O=C(OCN1C(=O)c2ccccc2C1=O)c1cc(-c2ccc(F)cc2)nc2ccccc12. The van der Waals surface area contributed by atoms with Crippen molar-refractivity contribution in [2.45, 2.75) is 0 Å². The number of benzene rings is 3. The largest absolute Gasteiger partial charge is 0.440 e. The molecule has 32 heavy (non-hydrogen) atoms. The fraction of sp³-hybridized carbons (Fsp3) is 0.0400. The summed E-state index contributed by atoms with van der Waals surface area (Å²) in [5.74, 6) is -2.10. The van der Waals surface area contributed by atoms with Gasteiger partial charge in [0.1, 0.15) is 5.82 Å². The molecule has 5 rings (SSSR count). The fourth-order valence-electron chi connectivity index (χ4n) is 3.67. The molecule has 0 spiro atoms. The second-order valence-electron chi connectivity index (χ2n) is 7.22. The van der Waals surface area contributed by atoms with Gasteiger partial charge >= 0.3 is 5.97 Å². The lowest BCUT2D eigenvalue weighted by Gasteiger charge is -2.15. The van der Waals surface area contributed by atoms with Gasteiger partial charge in [-0.2, -0.15) is 0 Å². The molecule has 0 saturated carbocycles. The first-order valence-electron chi connectivity index (χ1n) is 9.81. The van der Waals surface area contributed by atoms with Gasteiger partial charge in [-0.05, 0) is 48.5 Å². The van der Waals surface area contributed by atoms with E-state index in [4.69, 9.17) is 4.74 Å². The molecular weight excluding hydrogens is 411 g/mol. The number of halogens is 1. The second kappa shape index (κ2) is 7.70. The molecule has 2 heterocycles. The van der Waals surface area contributed by atoms with Gasteiger partial charge in [0.25, 0.3) is 11.8 Å². The van der Waals surface area contributed by atoms with E-state index in [0.29, 0.717) is 22.2 Å². The van der Waals surface area contributed by atoms with Crippen LogP contribution in [0.3, 0.4) is 0 Å². The van der Waals surface area contributed by atoms with Gasteiger partial charge in [-0.15, -0.1) is 0 Å². The highest BCUT2D eigenvalue weighted by molar-refractivity contribution is 6.21. The van der Waals surface area contributed by atoms with Crippen molar-refractivity contribution in [1.29, 1.82) is 0 Å². The van der Waals surface area contributed by atoms with E-state index in [2.05, 4.69) is 4.98 Å². The van der Waals surface area contributed by atoms with Crippen molar-refractivity contribution in [2.75, 3.05) is 6.73 Å². The zero-order valence-electron chi connectivity index (χ0n) is 16.6. The Balaban J connectivity index is 1.45. The molecule has 3 aromatic carbocycles. The summed E-state index contributed by atoms with van der Waals surface area (Å²) in [7, 11) is 0. The molecule has 7 heteroatoms. The van der Waals surface area contributed by atoms with Gasteiger partial charge in [-0.25, -0.2) is 19.1 Å². The maximum atomic E-state index is 13.3. The first-order valence-corrected chi connectivity index (χ1v) is 9.81. The van der Waals surface area contributed by atoms with E-state index in [1.54, 1.807) is 66.7 Å². The molecule has 156 valence electrons. The average molecular weight is 426 g/mol. The number of hydrogen-bond acceptors (Lipinski definition) is 5. The summed E-state index contributed by atoms with van der Waals surface area (Å²) in [4.78, 5) is 43.5. The predicted molar refractivity (Wildman–Crippen MR) is 114 cm³/mol. The van der Waals surface area contributed by atoms with Crippen LogP contribution >= 0.6 is 0 Å². The minimum atomic E-state index is -0.705. The Bertz CT molecular complexity index is 1360. The first kappa shape index (κ1) is 19.6. The molecule has 1 aliphatic rings. The van der Waals surface area contributed by atoms with Gasteiger partial charge in [0.15, 0.2) is 6.73 Å². The summed E-state index contributed by atoms with van der Waals surface area (Å²) < 4.78 is 18.7. The molecule has 0 saturated heterocycles. The van der Waals surface area contributed by atoms with E-state index >= 15 is 0 Å². The second-order valence-corrected chi connectivity index (χ2v) is 7.22. The Morgan fingerprint density at radius 2 is 1.50 bits per heavy atom. The van der Waals surface area contributed by atoms with Crippen LogP contribution in [0.15, 0.2) is 78.9 Å². The molecule has 1 aromatic heterocycles. The van der Waals surface area contributed by atoms with Gasteiger partial charge in [0, 0.05) is 10.9 Å². The molecular formula is C25H15FN2O4. The zero-order valence-corrected chi connectivity index (χ0v) is 16.6. The highest BCUT2D eigenvalue weighted by atomic mass is 19.1. The normalized spacial score (nSPS) is 12.8. The molecule has 1 aliphatic heterocycles. The molecule has 0 bridgehead atoms. The number of amides is 2. The Kier molecular flexibility index (Phi) is 4.71. The van der Waals surface area contributed by atoms with Crippen molar-refractivity contribution in [3.63, 3.8) is 0 Å². The smallest absolute Gasteiger partial charge is 0.340 e. The van der Waals surface area contributed by atoms with Crippen LogP contribution in [-0.4, -0.2) is 34.4 Å². The number of esters is 1. The van der Waals surface area contributed by atoms with Crippen LogP contribution in [0.4, 0.5) is 4.39 Å². The number of carbonyl (C=O) groups excluding carboxylic acids is 3. The number of hydrogen-bond donors (Lipinski definition) is 0. The minimum absolute atomic E-state index is 0.228. The van der Waals surface area contributed by atoms with Crippen LogP contribution in [0.5, 0.6) is 0 Å². The summed E-state index contributed by atoms with van der Waals surface area (Å²) in [6.45, 7) is -0.506. The van der Waals surface area contributed by atoms with Crippen molar-refractivity contribution < 1.29 is 23.5 Å². The number of rotatable bonds is 4. The third-order valence-corrected chi connectivity index (χ3v) is 5.28. The lowest BCUT2D eigenvalue weighted by atomic mass is 10.0. The van der Waals surface area contributed by atoms with Crippen molar-refractivity contribution in [1.82, 2.24) is 9.88 Å². The summed E-state index contributed by atoms with van der Waals surface area (Å²) in [5, 5.41) is 0.561. The molecule has 0 fully saturated rings. The van der Waals surface area contributed by atoms with Crippen molar-refractivity contribution in [2.24, 2.45) is 0 Å². The molecule has 2 amide bonds. The number of carbonyl (C=O) groups is 3. The molecule has 4 aromatic rings. The number of pyridine rings is 1. The lowest BCUT2D eigenvalue weighted by molar-refractivity contribution is 0.0229. The van der Waals surface area contributed by atoms with Gasteiger partial charge < -0.3 is 4.74 Å². The molecule has 0 aliphatic carbocycles. The van der Waals surface area contributed by atoms with Crippen molar-refractivity contribution in [3.8, 4) is 11.3 Å². The van der Waals surface area contributed by atoms with E-state index in [9.17, 15) is 18.8 Å². The zero-order chi connectivity index (χ0) is 22.2. The highest BCUT2D eigenvalue weighted by Gasteiger charge is 2.36. The summed E-state index contributed by atoms with van der Waals surface area (Å²) in [6, 6.07) is 20.8. The quantitative estimate of drug-likeness (QED) is 0.356.